The minimum absolute atomic E-state index is 0.0698. The van der Waals surface area contributed by atoms with Gasteiger partial charge < -0.3 is 15.4 Å². The Morgan fingerprint density at radius 1 is 1.43 bits per heavy atom. The summed E-state index contributed by atoms with van der Waals surface area (Å²) in [4.78, 5) is 1.86. The molecule has 0 aliphatic heterocycles. The first-order valence-electron chi connectivity index (χ1n) is 4.41. The predicted octanol–water partition coefficient (Wildman–Crippen LogP) is 0.844. The molecule has 0 aliphatic rings. The van der Waals surface area contributed by atoms with Gasteiger partial charge in [-0.1, -0.05) is 0 Å². The average Bonchev–Trinajstić information content (AvgIpc) is 2.09. The van der Waals surface area contributed by atoms with E-state index in [4.69, 9.17) is 5.73 Å². The lowest BCUT2D eigenvalue weighted by atomic mass is 10.3. The highest BCUT2D eigenvalue weighted by atomic mass is 19.4. The van der Waals surface area contributed by atoms with E-state index in [1.807, 2.05) is 11.8 Å². The van der Waals surface area contributed by atoms with Crippen LogP contribution in [0.3, 0.4) is 0 Å². The van der Waals surface area contributed by atoms with Crippen LogP contribution in [0.2, 0.25) is 0 Å². The van der Waals surface area contributed by atoms with Gasteiger partial charge >= 0.3 is 6.18 Å². The van der Waals surface area contributed by atoms with Gasteiger partial charge in [0, 0.05) is 19.1 Å². The molecule has 0 rings (SSSR count). The normalized spacial score (nSPS) is 14.8. The molecule has 1 unspecified atom stereocenters. The summed E-state index contributed by atoms with van der Waals surface area (Å²) in [5.74, 6) is 0. The summed E-state index contributed by atoms with van der Waals surface area (Å²) in [6.07, 6.45) is -4.24. The van der Waals surface area contributed by atoms with Gasteiger partial charge in [0.25, 0.3) is 0 Å². The first-order chi connectivity index (χ1) is 6.37. The maximum absolute atomic E-state index is 11.6. The van der Waals surface area contributed by atoms with E-state index in [0.717, 1.165) is 0 Å². The summed E-state index contributed by atoms with van der Waals surface area (Å²) in [5.41, 5.74) is 5.38. The van der Waals surface area contributed by atoms with Gasteiger partial charge in [-0.25, -0.2) is 0 Å². The molecule has 86 valence electrons. The van der Waals surface area contributed by atoms with Crippen molar-refractivity contribution in [2.24, 2.45) is 5.73 Å². The highest BCUT2D eigenvalue weighted by Crippen LogP contribution is 2.14. The molecule has 14 heavy (non-hydrogen) atoms. The van der Waals surface area contributed by atoms with Crippen LogP contribution in [0.5, 0.6) is 0 Å². The van der Waals surface area contributed by atoms with Crippen LogP contribution in [0.25, 0.3) is 0 Å². The summed E-state index contributed by atoms with van der Waals surface area (Å²) >= 11 is 0. The van der Waals surface area contributed by atoms with Crippen LogP contribution >= 0.6 is 0 Å². The van der Waals surface area contributed by atoms with Crippen LogP contribution in [0.15, 0.2) is 0 Å². The fraction of sp³-hybridized carbons (Fsp3) is 1.00. The van der Waals surface area contributed by atoms with Gasteiger partial charge in [-0.3, -0.25) is 0 Å². The first kappa shape index (κ1) is 13.7. The number of nitrogens with zero attached hydrogens (tertiary/aromatic N) is 1. The Morgan fingerprint density at radius 3 is 2.43 bits per heavy atom. The fourth-order valence-electron chi connectivity index (χ4n) is 0.797. The summed E-state index contributed by atoms with van der Waals surface area (Å²) in [6.45, 7) is 1.73. The van der Waals surface area contributed by atoms with Crippen LogP contribution in [-0.4, -0.2) is 50.5 Å². The fourth-order valence-corrected chi connectivity index (χ4v) is 0.797. The van der Waals surface area contributed by atoms with Crippen molar-refractivity contribution in [1.29, 1.82) is 0 Å². The average molecular weight is 214 g/mol. The van der Waals surface area contributed by atoms with Gasteiger partial charge in [-0.05, 0) is 14.0 Å². The van der Waals surface area contributed by atoms with E-state index in [1.165, 1.54) is 0 Å². The molecule has 0 spiro atoms. The molecule has 0 radical (unpaired) electrons. The number of ether oxygens (including phenoxy) is 1. The van der Waals surface area contributed by atoms with Crippen molar-refractivity contribution in [1.82, 2.24) is 4.90 Å². The summed E-state index contributed by atoms with van der Waals surface area (Å²) in [6, 6.07) is 0.157. The second-order valence-electron chi connectivity index (χ2n) is 3.23. The van der Waals surface area contributed by atoms with E-state index in [9.17, 15) is 13.2 Å². The molecule has 2 N–H and O–H groups in total. The largest absolute Gasteiger partial charge is 0.411 e. The predicted molar refractivity (Wildman–Crippen MR) is 48.0 cm³/mol. The Morgan fingerprint density at radius 2 is 2.00 bits per heavy atom. The molecule has 0 aromatic heterocycles. The molecule has 0 aliphatic carbocycles. The Labute approximate surface area is 82.0 Å². The molecule has 0 saturated heterocycles. The number of rotatable bonds is 6. The Hall–Kier alpha value is -0.330. The summed E-state index contributed by atoms with van der Waals surface area (Å²) < 4.78 is 39.4. The molecule has 1 atom stereocenters. The lowest BCUT2D eigenvalue weighted by molar-refractivity contribution is -0.174. The highest BCUT2D eigenvalue weighted by molar-refractivity contribution is 4.62. The second kappa shape index (κ2) is 6.21. The van der Waals surface area contributed by atoms with Crippen molar-refractivity contribution >= 4 is 0 Å². The van der Waals surface area contributed by atoms with Crippen molar-refractivity contribution in [3.05, 3.63) is 0 Å². The molecular weight excluding hydrogens is 197 g/mol. The number of hydrogen-bond acceptors (Lipinski definition) is 3. The quantitative estimate of drug-likeness (QED) is 0.666. The molecular formula is C8H17F3N2O. The van der Waals surface area contributed by atoms with E-state index in [-0.39, 0.29) is 12.6 Å². The van der Waals surface area contributed by atoms with Gasteiger partial charge in [0.1, 0.15) is 6.61 Å². The Balaban J connectivity index is 3.45. The van der Waals surface area contributed by atoms with Gasteiger partial charge in [0.05, 0.1) is 6.61 Å². The van der Waals surface area contributed by atoms with E-state index < -0.39 is 12.8 Å². The molecule has 0 fully saturated rings. The van der Waals surface area contributed by atoms with E-state index in [1.54, 1.807) is 7.05 Å². The number of halogens is 3. The van der Waals surface area contributed by atoms with E-state index >= 15 is 0 Å². The molecule has 3 nitrogen and oxygen atoms in total. The summed E-state index contributed by atoms with van der Waals surface area (Å²) in [7, 11) is 1.80. The zero-order valence-electron chi connectivity index (χ0n) is 8.47. The first-order valence-corrected chi connectivity index (χ1v) is 4.41. The van der Waals surface area contributed by atoms with Gasteiger partial charge in [-0.15, -0.1) is 0 Å². The van der Waals surface area contributed by atoms with Crippen LogP contribution < -0.4 is 5.73 Å². The Bertz CT molecular complexity index is 152. The number of likely N-dealkylation sites (N-methyl/N-ethyl adjacent to an activating group) is 1. The van der Waals surface area contributed by atoms with Gasteiger partial charge in [0.15, 0.2) is 0 Å². The maximum Gasteiger partial charge on any atom is 0.411 e. The molecule has 0 bridgehead atoms. The highest BCUT2D eigenvalue weighted by Gasteiger charge is 2.27. The zero-order valence-corrected chi connectivity index (χ0v) is 8.47. The number of nitrogens with two attached hydrogens (primary N) is 1. The smallest absolute Gasteiger partial charge is 0.371 e. The molecule has 0 aromatic rings. The van der Waals surface area contributed by atoms with E-state index in [2.05, 4.69) is 4.74 Å². The van der Waals surface area contributed by atoms with Crippen molar-refractivity contribution in [2.45, 2.75) is 19.1 Å². The molecule has 0 amide bonds. The van der Waals surface area contributed by atoms with Crippen molar-refractivity contribution in [3.8, 4) is 0 Å². The standard InChI is InChI=1S/C8H17F3N2O/c1-7(5-12)13(2)3-4-14-6-8(9,10)11/h7H,3-6,12H2,1-2H3. The molecule has 0 heterocycles. The third-order valence-electron chi connectivity index (χ3n) is 1.95. The molecule has 6 heteroatoms. The number of hydrogen-bond donors (Lipinski definition) is 1. The van der Waals surface area contributed by atoms with E-state index in [0.29, 0.717) is 13.1 Å². The lowest BCUT2D eigenvalue weighted by Crippen LogP contribution is -2.37. The lowest BCUT2D eigenvalue weighted by Gasteiger charge is -2.23. The maximum atomic E-state index is 11.6. The second-order valence-corrected chi connectivity index (χ2v) is 3.23. The third-order valence-corrected chi connectivity index (χ3v) is 1.95. The van der Waals surface area contributed by atoms with Crippen LogP contribution in [-0.2, 0) is 4.74 Å². The summed E-state index contributed by atoms with van der Waals surface area (Å²) in [5, 5.41) is 0. The zero-order chi connectivity index (χ0) is 11.2. The van der Waals surface area contributed by atoms with Crippen LogP contribution in [0, 0.1) is 0 Å². The van der Waals surface area contributed by atoms with Crippen LogP contribution in [0.4, 0.5) is 13.2 Å². The van der Waals surface area contributed by atoms with Gasteiger partial charge in [-0.2, -0.15) is 13.2 Å². The minimum Gasteiger partial charge on any atom is -0.371 e. The Kier molecular flexibility index (Phi) is 6.06. The topological polar surface area (TPSA) is 38.5 Å². The van der Waals surface area contributed by atoms with Gasteiger partial charge in [0.2, 0.25) is 0 Å². The molecule has 0 aromatic carbocycles. The molecule has 0 saturated carbocycles. The monoisotopic (exact) mass is 214 g/mol. The van der Waals surface area contributed by atoms with Crippen molar-refractivity contribution in [3.63, 3.8) is 0 Å². The van der Waals surface area contributed by atoms with Crippen molar-refractivity contribution in [2.75, 3.05) is 33.4 Å². The minimum atomic E-state index is -4.24. The SMILES string of the molecule is CC(CN)N(C)CCOCC(F)(F)F. The third kappa shape index (κ3) is 7.11. The van der Waals surface area contributed by atoms with Crippen LogP contribution in [0.1, 0.15) is 6.92 Å². The van der Waals surface area contributed by atoms with Crippen molar-refractivity contribution < 1.29 is 17.9 Å². The number of alkyl halides is 3.